The molecule has 4 heteroatoms. The van der Waals surface area contributed by atoms with Gasteiger partial charge in [0.1, 0.15) is 0 Å². The van der Waals surface area contributed by atoms with Crippen LogP contribution in [0.2, 0.25) is 0 Å². The standard InChI is InChI=1S/C13H27N3O/c1-5-16(13(17)12(14)10(2)3)11-7-6-8-15(4)9-11/h10-12H,5-9,14H2,1-4H3. The van der Waals surface area contributed by atoms with Crippen molar-refractivity contribution in [2.45, 2.75) is 45.7 Å². The van der Waals surface area contributed by atoms with Gasteiger partial charge in [0.05, 0.1) is 6.04 Å². The molecular weight excluding hydrogens is 214 g/mol. The van der Waals surface area contributed by atoms with Crippen molar-refractivity contribution in [3.8, 4) is 0 Å². The number of nitrogens with zero attached hydrogens (tertiary/aromatic N) is 2. The molecule has 1 fully saturated rings. The molecule has 0 aliphatic carbocycles. The summed E-state index contributed by atoms with van der Waals surface area (Å²) >= 11 is 0. The molecule has 0 aromatic heterocycles. The van der Waals surface area contributed by atoms with Gasteiger partial charge in [-0.25, -0.2) is 0 Å². The van der Waals surface area contributed by atoms with Crippen molar-refractivity contribution in [3.05, 3.63) is 0 Å². The molecule has 1 amide bonds. The molecule has 0 spiro atoms. The molecule has 1 rings (SSSR count). The molecule has 1 aliphatic rings. The second-order valence-electron chi connectivity index (χ2n) is 5.45. The molecule has 0 saturated carbocycles. The Morgan fingerprint density at radius 3 is 2.65 bits per heavy atom. The van der Waals surface area contributed by atoms with Gasteiger partial charge in [-0.15, -0.1) is 0 Å². The fraction of sp³-hybridized carbons (Fsp3) is 0.923. The van der Waals surface area contributed by atoms with Crippen LogP contribution in [0.3, 0.4) is 0 Å². The monoisotopic (exact) mass is 241 g/mol. The van der Waals surface area contributed by atoms with Gasteiger partial charge in [0.15, 0.2) is 0 Å². The fourth-order valence-corrected chi connectivity index (χ4v) is 2.46. The first-order valence-electron chi connectivity index (χ1n) is 6.72. The van der Waals surface area contributed by atoms with E-state index >= 15 is 0 Å². The first-order chi connectivity index (χ1) is 7.97. The minimum Gasteiger partial charge on any atom is -0.337 e. The minimum atomic E-state index is -0.359. The number of likely N-dealkylation sites (N-methyl/N-ethyl adjacent to an activating group) is 2. The van der Waals surface area contributed by atoms with Crippen LogP contribution in [0, 0.1) is 5.92 Å². The van der Waals surface area contributed by atoms with Crippen LogP contribution in [0.15, 0.2) is 0 Å². The average molecular weight is 241 g/mol. The van der Waals surface area contributed by atoms with Crippen LogP contribution in [-0.4, -0.2) is 54.5 Å². The molecule has 0 aromatic carbocycles. The average Bonchev–Trinajstić information content (AvgIpc) is 2.28. The van der Waals surface area contributed by atoms with Crippen molar-refractivity contribution >= 4 is 5.91 Å². The number of amides is 1. The lowest BCUT2D eigenvalue weighted by atomic mass is 10.00. The predicted molar refractivity (Wildman–Crippen MR) is 70.7 cm³/mol. The highest BCUT2D eigenvalue weighted by Crippen LogP contribution is 2.16. The van der Waals surface area contributed by atoms with Crippen LogP contribution in [0.1, 0.15) is 33.6 Å². The van der Waals surface area contributed by atoms with E-state index < -0.39 is 0 Å². The number of likely N-dealkylation sites (tertiary alicyclic amines) is 1. The SMILES string of the molecule is CCN(C(=O)C(N)C(C)C)C1CCCN(C)C1. The third-order valence-corrected chi connectivity index (χ3v) is 3.67. The first kappa shape index (κ1) is 14.5. The Labute approximate surface area is 105 Å². The lowest BCUT2D eigenvalue weighted by molar-refractivity contribution is -0.136. The summed E-state index contributed by atoms with van der Waals surface area (Å²) in [6.45, 7) is 8.92. The van der Waals surface area contributed by atoms with E-state index in [1.807, 2.05) is 25.7 Å². The van der Waals surface area contributed by atoms with Gasteiger partial charge in [0.25, 0.3) is 0 Å². The molecule has 100 valence electrons. The van der Waals surface area contributed by atoms with Crippen LogP contribution in [0.4, 0.5) is 0 Å². The van der Waals surface area contributed by atoms with E-state index in [9.17, 15) is 4.79 Å². The number of carbonyl (C=O) groups is 1. The Bertz CT molecular complexity index is 255. The van der Waals surface area contributed by atoms with Crippen LogP contribution >= 0.6 is 0 Å². The van der Waals surface area contributed by atoms with Crippen LogP contribution < -0.4 is 5.73 Å². The van der Waals surface area contributed by atoms with Crippen LogP contribution in [0.25, 0.3) is 0 Å². The summed E-state index contributed by atoms with van der Waals surface area (Å²) in [5.74, 6) is 0.320. The highest BCUT2D eigenvalue weighted by atomic mass is 16.2. The van der Waals surface area contributed by atoms with Crippen LogP contribution in [0.5, 0.6) is 0 Å². The first-order valence-corrected chi connectivity index (χ1v) is 6.72. The highest BCUT2D eigenvalue weighted by molar-refractivity contribution is 5.82. The summed E-state index contributed by atoms with van der Waals surface area (Å²) in [6, 6.07) is -0.0155. The third kappa shape index (κ3) is 3.68. The minimum absolute atomic E-state index is 0.114. The molecule has 2 atom stereocenters. The molecule has 1 saturated heterocycles. The molecule has 0 radical (unpaired) electrons. The highest BCUT2D eigenvalue weighted by Gasteiger charge is 2.30. The number of carbonyl (C=O) groups excluding carboxylic acids is 1. The Morgan fingerprint density at radius 1 is 1.53 bits per heavy atom. The molecule has 1 heterocycles. The topological polar surface area (TPSA) is 49.6 Å². The maximum atomic E-state index is 12.3. The van der Waals surface area contributed by atoms with Gasteiger partial charge < -0.3 is 15.5 Å². The number of nitrogens with two attached hydrogens (primary N) is 1. The maximum Gasteiger partial charge on any atom is 0.240 e. The van der Waals surface area contributed by atoms with Crippen molar-refractivity contribution in [1.82, 2.24) is 9.80 Å². The van der Waals surface area contributed by atoms with E-state index in [0.29, 0.717) is 6.04 Å². The van der Waals surface area contributed by atoms with Crippen molar-refractivity contribution < 1.29 is 4.79 Å². The summed E-state index contributed by atoms with van der Waals surface area (Å²) < 4.78 is 0. The third-order valence-electron chi connectivity index (χ3n) is 3.67. The van der Waals surface area contributed by atoms with E-state index in [2.05, 4.69) is 11.9 Å². The molecular formula is C13H27N3O. The Hall–Kier alpha value is -0.610. The summed E-state index contributed by atoms with van der Waals surface area (Å²) in [6.07, 6.45) is 2.27. The lowest BCUT2D eigenvalue weighted by Gasteiger charge is -2.39. The number of piperidine rings is 1. The van der Waals surface area contributed by atoms with Crippen molar-refractivity contribution in [1.29, 1.82) is 0 Å². The Balaban J connectivity index is 2.66. The lowest BCUT2D eigenvalue weighted by Crippen LogP contribution is -2.54. The maximum absolute atomic E-state index is 12.3. The normalized spacial score (nSPS) is 23.8. The quantitative estimate of drug-likeness (QED) is 0.796. The van der Waals surface area contributed by atoms with E-state index in [1.54, 1.807) is 0 Å². The zero-order valence-corrected chi connectivity index (χ0v) is 11.6. The van der Waals surface area contributed by atoms with E-state index in [1.165, 1.54) is 6.42 Å². The Morgan fingerprint density at radius 2 is 2.18 bits per heavy atom. The number of rotatable bonds is 4. The Kier molecular flexibility index (Phi) is 5.40. The zero-order chi connectivity index (χ0) is 13.0. The molecule has 1 aliphatic heterocycles. The van der Waals surface area contributed by atoms with E-state index in [-0.39, 0.29) is 17.9 Å². The summed E-state index contributed by atoms with van der Waals surface area (Å²) in [7, 11) is 2.12. The van der Waals surface area contributed by atoms with E-state index in [0.717, 1.165) is 26.1 Å². The summed E-state index contributed by atoms with van der Waals surface area (Å²) in [5, 5.41) is 0. The second kappa shape index (κ2) is 6.36. The molecule has 2 unspecified atom stereocenters. The molecule has 0 aromatic rings. The van der Waals surface area contributed by atoms with Crippen molar-refractivity contribution in [2.24, 2.45) is 11.7 Å². The number of hydrogen-bond donors (Lipinski definition) is 1. The summed E-state index contributed by atoms with van der Waals surface area (Å²) in [5.41, 5.74) is 5.97. The van der Waals surface area contributed by atoms with Gasteiger partial charge in [-0.1, -0.05) is 13.8 Å². The van der Waals surface area contributed by atoms with Gasteiger partial charge in [-0.2, -0.15) is 0 Å². The molecule has 0 bridgehead atoms. The largest absolute Gasteiger partial charge is 0.337 e. The smallest absolute Gasteiger partial charge is 0.240 e. The van der Waals surface area contributed by atoms with Gasteiger partial charge in [0.2, 0.25) is 5.91 Å². The predicted octanol–water partition coefficient (Wildman–Crippen LogP) is 0.912. The van der Waals surface area contributed by atoms with Crippen molar-refractivity contribution in [3.63, 3.8) is 0 Å². The van der Waals surface area contributed by atoms with Gasteiger partial charge in [-0.3, -0.25) is 4.79 Å². The molecule has 17 heavy (non-hydrogen) atoms. The zero-order valence-electron chi connectivity index (χ0n) is 11.6. The van der Waals surface area contributed by atoms with Gasteiger partial charge >= 0.3 is 0 Å². The summed E-state index contributed by atoms with van der Waals surface area (Å²) in [4.78, 5) is 16.6. The van der Waals surface area contributed by atoms with E-state index in [4.69, 9.17) is 5.73 Å². The van der Waals surface area contributed by atoms with Crippen molar-refractivity contribution in [2.75, 3.05) is 26.7 Å². The molecule has 4 nitrogen and oxygen atoms in total. The second-order valence-corrected chi connectivity index (χ2v) is 5.45. The van der Waals surface area contributed by atoms with Gasteiger partial charge in [-0.05, 0) is 39.3 Å². The van der Waals surface area contributed by atoms with Crippen LogP contribution in [-0.2, 0) is 4.79 Å². The number of hydrogen-bond acceptors (Lipinski definition) is 3. The molecule has 2 N–H and O–H groups in total. The fourth-order valence-electron chi connectivity index (χ4n) is 2.46. The van der Waals surface area contributed by atoms with Gasteiger partial charge in [0, 0.05) is 19.1 Å².